The third kappa shape index (κ3) is 30.7. The molecule has 0 aromatic carbocycles. The number of carbonyl (C=O) groups is 4. The second kappa shape index (κ2) is 33.5. The minimum Gasteiger partial charge on any atom is -0.480 e. The van der Waals surface area contributed by atoms with E-state index in [0.717, 1.165) is 64.2 Å². The normalized spacial score (nSPS) is 12.6. The van der Waals surface area contributed by atoms with Gasteiger partial charge in [-0.3, -0.25) is 14.4 Å². The van der Waals surface area contributed by atoms with Crippen molar-refractivity contribution in [3.05, 3.63) is 12.2 Å². The van der Waals surface area contributed by atoms with Crippen LogP contribution in [0.25, 0.3) is 0 Å². The summed E-state index contributed by atoms with van der Waals surface area (Å²) in [5, 5.41) is 22.5. The van der Waals surface area contributed by atoms with Gasteiger partial charge < -0.3 is 25.6 Å². The summed E-state index contributed by atoms with van der Waals surface area (Å²) in [6.07, 6.45) is 32.4. The van der Waals surface area contributed by atoms with Crippen molar-refractivity contribution >= 4 is 23.8 Å². The van der Waals surface area contributed by atoms with Crippen molar-refractivity contribution in [3.63, 3.8) is 0 Å². The van der Waals surface area contributed by atoms with Gasteiger partial charge in [-0.1, -0.05) is 116 Å². The monoisotopic (exact) mass is 667 g/mol. The SMILES string of the molecule is CCCCC/C=C\CCCCCCCC(=O)OC(CCCCCCCCC)CCCCCCCC(=O)NCC(=O)NC(CO)C(=O)O. The van der Waals surface area contributed by atoms with Crippen LogP contribution in [0.2, 0.25) is 0 Å². The quantitative estimate of drug-likeness (QED) is 0.0307. The van der Waals surface area contributed by atoms with E-state index in [1.807, 2.05) is 0 Å². The predicted octanol–water partition coefficient (Wildman–Crippen LogP) is 8.31. The molecular weight excluding hydrogens is 596 g/mol. The summed E-state index contributed by atoms with van der Waals surface area (Å²) >= 11 is 0. The number of aliphatic carboxylic acids is 1. The van der Waals surface area contributed by atoms with Crippen LogP contribution in [0.3, 0.4) is 0 Å². The van der Waals surface area contributed by atoms with Gasteiger partial charge in [0, 0.05) is 12.8 Å². The fourth-order valence-electron chi connectivity index (χ4n) is 5.53. The Labute approximate surface area is 286 Å². The van der Waals surface area contributed by atoms with Gasteiger partial charge in [0.1, 0.15) is 12.1 Å². The molecule has 4 N–H and O–H groups in total. The first kappa shape index (κ1) is 44.6. The van der Waals surface area contributed by atoms with Crippen LogP contribution in [0.1, 0.15) is 181 Å². The third-order valence-electron chi connectivity index (χ3n) is 8.51. The summed E-state index contributed by atoms with van der Waals surface area (Å²) < 4.78 is 5.97. The second-order valence-corrected chi connectivity index (χ2v) is 13.0. The number of allylic oxidation sites excluding steroid dienone is 2. The number of carbonyl (C=O) groups excluding carboxylic acids is 3. The second-order valence-electron chi connectivity index (χ2n) is 13.0. The molecule has 0 aliphatic carbocycles. The molecule has 0 aromatic rings. The zero-order chi connectivity index (χ0) is 34.8. The maximum absolute atomic E-state index is 12.6. The molecule has 0 saturated carbocycles. The van der Waals surface area contributed by atoms with Crippen LogP contribution >= 0.6 is 0 Å². The van der Waals surface area contributed by atoms with E-state index < -0.39 is 24.5 Å². The lowest BCUT2D eigenvalue weighted by atomic mass is 10.0. The summed E-state index contributed by atoms with van der Waals surface area (Å²) in [5.74, 6) is -2.30. The highest BCUT2D eigenvalue weighted by atomic mass is 16.5. The lowest BCUT2D eigenvalue weighted by Gasteiger charge is -2.18. The number of hydrogen-bond acceptors (Lipinski definition) is 6. The van der Waals surface area contributed by atoms with Crippen molar-refractivity contribution in [2.75, 3.05) is 13.2 Å². The van der Waals surface area contributed by atoms with Gasteiger partial charge in [0.2, 0.25) is 11.8 Å². The molecular formula is C38H70N2O7. The summed E-state index contributed by atoms with van der Waals surface area (Å²) in [4.78, 5) is 47.3. The number of aliphatic hydroxyl groups excluding tert-OH is 1. The predicted molar refractivity (Wildman–Crippen MR) is 190 cm³/mol. The number of carboxylic acids is 1. The first-order chi connectivity index (χ1) is 22.8. The molecule has 2 unspecified atom stereocenters. The Morgan fingerprint density at radius 2 is 1.09 bits per heavy atom. The van der Waals surface area contributed by atoms with Crippen LogP contribution in [0, 0.1) is 0 Å². The van der Waals surface area contributed by atoms with Crippen LogP contribution in [0.5, 0.6) is 0 Å². The van der Waals surface area contributed by atoms with Gasteiger partial charge >= 0.3 is 11.9 Å². The number of carboxylic acid groups (broad SMARTS) is 1. The van der Waals surface area contributed by atoms with Gasteiger partial charge in [0.25, 0.3) is 0 Å². The molecule has 9 heteroatoms. The van der Waals surface area contributed by atoms with Crippen LogP contribution in [-0.4, -0.2) is 59.3 Å². The molecule has 274 valence electrons. The van der Waals surface area contributed by atoms with Crippen molar-refractivity contribution in [2.45, 2.75) is 193 Å². The van der Waals surface area contributed by atoms with Gasteiger partial charge in [-0.15, -0.1) is 0 Å². The van der Waals surface area contributed by atoms with Crippen molar-refractivity contribution in [2.24, 2.45) is 0 Å². The van der Waals surface area contributed by atoms with Crippen molar-refractivity contribution in [1.29, 1.82) is 0 Å². The average Bonchev–Trinajstić information content (AvgIpc) is 3.05. The molecule has 9 nitrogen and oxygen atoms in total. The molecule has 0 heterocycles. The van der Waals surface area contributed by atoms with Crippen LogP contribution in [0.4, 0.5) is 0 Å². The third-order valence-corrected chi connectivity index (χ3v) is 8.51. The molecule has 0 aliphatic rings. The summed E-state index contributed by atoms with van der Waals surface area (Å²) in [7, 11) is 0. The Morgan fingerprint density at radius 1 is 0.617 bits per heavy atom. The highest BCUT2D eigenvalue weighted by molar-refractivity contribution is 5.87. The molecule has 0 rings (SSSR count). The smallest absolute Gasteiger partial charge is 0.328 e. The van der Waals surface area contributed by atoms with Gasteiger partial charge in [0.15, 0.2) is 0 Å². The molecule has 2 atom stereocenters. The van der Waals surface area contributed by atoms with E-state index >= 15 is 0 Å². The van der Waals surface area contributed by atoms with E-state index in [1.54, 1.807) is 0 Å². The molecule has 0 saturated heterocycles. The maximum atomic E-state index is 12.6. The number of amides is 2. The molecule has 0 aliphatic heterocycles. The van der Waals surface area contributed by atoms with E-state index in [0.29, 0.717) is 19.3 Å². The minimum absolute atomic E-state index is 0.00858. The first-order valence-corrected chi connectivity index (χ1v) is 19.1. The van der Waals surface area contributed by atoms with Crippen LogP contribution < -0.4 is 10.6 Å². The Balaban J connectivity index is 4.20. The minimum atomic E-state index is -1.38. The zero-order valence-electron chi connectivity index (χ0n) is 30.0. The van der Waals surface area contributed by atoms with Gasteiger partial charge in [-0.2, -0.15) is 0 Å². The maximum Gasteiger partial charge on any atom is 0.328 e. The Bertz CT molecular complexity index is 818. The lowest BCUT2D eigenvalue weighted by molar-refractivity contribution is -0.150. The fraction of sp³-hybridized carbons (Fsp3) is 0.842. The molecule has 0 fully saturated rings. The van der Waals surface area contributed by atoms with Gasteiger partial charge in [-0.25, -0.2) is 4.79 Å². The number of esters is 1. The summed E-state index contributed by atoms with van der Waals surface area (Å²) in [6.45, 7) is 3.43. The van der Waals surface area contributed by atoms with E-state index in [-0.39, 0.29) is 24.5 Å². The molecule has 47 heavy (non-hydrogen) atoms. The first-order valence-electron chi connectivity index (χ1n) is 19.1. The van der Waals surface area contributed by atoms with E-state index in [9.17, 15) is 19.2 Å². The molecule has 0 radical (unpaired) electrons. The Kier molecular flexibility index (Phi) is 31.8. The van der Waals surface area contributed by atoms with Crippen molar-refractivity contribution < 1.29 is 34.1 Å². The van der Waals surface area contributed by atoms with Gasteiger partial charge in [0.05, 0.1) is 13.2 Å². The van der Waals surface area contributed by atoms with Crippen LogP contribution in [-0.2, 0) is 23.9 Å². The molecule has 2 amide bonds. The van der Waals surface area contributed by atoms with E-state index in [2.05, 4.69) is 36.6 Å². The largest absolute Gasteiger partial charge is 0.480 e. The number of rotatable bonds is 34. The van der Waals surface area contributed by atoms with E-state index in [4.69, 9.17) is 14.9 Å². The lowest BCUT2D eigenvalue weighted by Crippen LogP contribution is -2.47. The molecule has 0 aromatic heterocycles. The number of unbranched alkanes of at least 4 members (excludes halogenated alkanes) is 18. The molecule has 0 bridgehead atoms. The van der Waals surface area contributed by atoms with E-state index in [1.165, 1.54) is 83.5 Å². The summed E-state index contributed by atoms with van der Waals surface area (Å²) in [5.41, 5.74) is 0. The number of ether oxygens (including phenoxy) is 1. The fourth-order valence-corrected chi connectivity index (χ4v) is 5.53. The zero-order valence-corrected chi connectivity index (χ0v) is 30.0. The average molecular weight is 667 g/mol. The number of nitrogens with one attached hydrogen (secondary N) is 2. The number of aliphatic hydroxyl groups is 1. The highest BCUT2D eigenvalue weighted by Gasteiger charge is 2.19. The molecule has 0 spiro atoms. The van der Waals surface area contributed by atoms with Gasteiger partial charge in [-0.05, 0) is 64.2 Å². The standard InChI is InChI=1S/C38H70N2O7/c1-3-5-7-9-11-12-13-14-15-17-22-26-30-37(44)47-33(27-23-19-16-10-8-6-4-2)28-24-20-18-21-25-29-35(42)39-31-36(43)40-34(32-41)38(45)46/h11-12,33-34,41H,3-10,13-32H2,1-2H3,(H,39,42)(H,40,43)(H,45,46)/b12-11-. The van der Waals surface area contributed by atoms with Crippen molar-refractivity contribution in [3.8, 4) is 0 Å². The Hall–Kier alpha value is -2.42. The summed E-state index contributed by atoms with van der Waals surface area (Å²) in [6, 6.07) is -1.38. The topological polar surface area (TPSA) is 142 Å². The van der Waals surface area contributed by atoms with Crippen LogP contribution in [0.15, 0.2) is 12.2 Å². The van der Waals surface area contributed by atoms with Crippen molar-refractivity contribution in [1.82, 2.24) is 10.6 Å². The Morgan fingerprint density at radius 3 is 1.64 bits per heavy atom. The highest BCUT2D eigenvalue weighted by Crippen LogP contribution is 2.18. The number of hydrogen-bond donors (Lipinski definition) is 4.